The van der Waals surface area contributed by atoms with Gasteiger partial charge in [-0.3, -0.25) is 4.90 Å². The van der Waals surface area contributed by atoms with E-state index in [4.69, 9.17) is 9.40 Å². The SMILES string of the molecule is c1ccc(-c2ccc(N(c3ccc(-c4ccccc4)cc3)c3ccc4c(ccc5oc6ccccc6c54)n3)cc2)cc1. The van der Waals surface area contributed by atoms with Gasteiger partial charge >= 0.3 is 0 Å². The summed E-state index contributed by atoms with van der Waals surface area (Å²) in [7, 11) is 0. The Morgan fingerprint density at radius 3 is 1.57 bits per heavy atom. The second-order valence-corrected chi connectivity index (χ2v) is 10.4. The maximum absolute atomic E-state index is 6.13. The highest BCUT2D eigenvalue weighted by atomic mass is 16.3. The van der Waals surface area contributed by atoms with E-state index >= 15 is 0 Å². The van der Waals surface area contributed by atoms with Crippen molar-refractivity contribution in [1.29, 1.82) is 0 Å². The Labute approximate surface area is 243 Å². The lowest BCUT2D eigenvalue weighted by Crippen LogP contribution is -2.11. The molecule has 0 aliphatic heterocycles. The average Bonchev–Trinajstić information content (AvgIpc) is 3.46. The van der Waals surface area contributed by atoms with Gasteiger partial charge in [0.1, 0.15) is 17.0 Å². The fourth-order valence-electron chi connectivity index (χ4n) is 5.82. The normalized spacial score (nSPS) is 11.3. The van der Waals surface area contributed by atoms with E-state index in [-0.39, 0.29) is 0 Å². The van der Waals surface area contributed by atoms with E-state index in [2.05, 4.69) is 132 Å². The van der Waals surface area contributed by atoms with Gasteiger partial charge in [-0.1, -0.05) is 103 Å². The van der Waals surface area contributed by atoms with Gasteiger partial charge in [0.2, 0.25) is 0 Å². The molecule has 0 saturated carbocycles. The number of furan rings is 1. The van der Waals surface area contributed by atoms with Crippen LogP contribution in [0, 0.1) is 0 Å². The first kappa shape index (κ1) is 24.2. The second kappa shape index (κ2) is 10.1. The van der Waals surface area contributed by atoms with E-state index in [1.54, 1.807) is 0 Å². The minimum absolute atomic E-state index is 0.856. The Morgan fingerprint density at radius 1 is 0.405 bits per heavy atom. The Balaban J connectivity index is 1.26. The van der Waals surface area contributed by atoms with Crippen LogP contribution in [0.2, 0.25) is 0 Å². The summed E-state index contributed by atoms with van der Waals surface area (Å²) in [4.78, 5) is 7.43. The molecule has 0 spiro atoms. The number of anilines is 3. The fourth-order valence-corrected chi connectivity index (χ4v) is 5.82. The van der Waals surface area contributed by atoms with Crippen LogP contribution in [0.5, 0.6) is 0 Å². The number of para-hydroxylation sites is 1. The summed E-state index contributed by atoms with van der Waals surface area (Å²) in [6.07, 6.45) is 0. The minimum Gasteiger partial charge on any atom is -0.456 e. The third-order valence-electron chi connectivity index (χ3n) is 7.89. The summed E-state index contributed by atoms with van der Waals surface area (Å²) in [6.45, 7) is 0. The van der Waals surface area contributed by atoms with Crippen molar-refractivity contribution >= 4 is 50.0 Å². The third-order valence-corrected chi connectivity index (χ3v) is 7.89. The molecule has 42 heavy (non-hydrogen) atoms. The number of benzene rings is 6. The number of aromatic nitrogens is 1. The van der Waals surface area contributed by atoms with Crippen LogP contribution in [0.15, 0.2) is 162 Å². The van der Waals surface area contributed by atoms with E-state index in [1.165, 1.54) is 22.3 Å². The van der Waals surface area contributed by atoms with Crippen LogP contribution >= 0.6 is 0 Å². The number of rotatable bonds is 5. The van der Waals surface area contributed by atoms with Crippen LogP contribution in [0.1, 0.15) is 0 Å². The highest BCUT2D eigenvalue weighted by Crippen LogP contribution is 2.39. The predicted octanol–water partition coefficient (Wildman–Crippen LogP) is 10.9. The molecule has 0 unspecified atom stereocenters. The van der Waals surface area contributed by atoms with Crippen molar-refractivity contribution in [1.82, 2.24) is 4.98 Å². The summed E-state index contributed by atoms with van der Waals surface area (Å²) in [5, 5.41) is 3.30. The van der Waals surface area contributed by atoms with Crippen molar-refractivity contribution in [3.05, 3.63) is 158 Å². The van der Waals surface area contributed by atoms with E-state index < -0.39 is 0 Å². The molecule has 0 bridgehead atoms. The van der Waals surface area contributed by atoms with Gasteiger partial charge in [-0.15, -0.1) is 0 Å². The molecule has 0 aliphatic carbocycles. The van der Waals surface area contributed by atoms with Gasteiger partial charge in [-0.05, 0) is 76.9 Å². The lowest BCUT2D eigenvalue weighted by atomic mass is 10.0. The van der Waals surface area contributed by atoms with E-state index in [9.17, 15) is 0 Å². The van der Waals surface area contributed by atoms with Crippen molar-refractivity contribution in [2.45, 2.75) is 0 Å². The number of hydrogen-bond acceptors (Lipinski definition) is 3. The van der Waals surface area contributed by atoms with Crippen LogP contribution in [0.25, 0.3) is 55.1 Å². The van der Waals surface area contributed by atoms with Crippen LogP contribution in [0.4, 0.5) is 17.2 Å². The summed E-state index contributed by atoms with van der Waals surface area (Å²) < 4.78 is 6.13. The molecule has 0 amide bonds. The summed E-state index contributed by atoms with van der Waals surface area (Å²) in [6, 6.07) is 54.9. The third kappa shape index (κ3) is 4.20. The molecule has 0 N–H and O–H groups in total. The molecule has 2 heterocycles. The predicted molar refractivity (Wildman–Crippen MR) is 175 cm³/mol. The molecular formula is C39H26N2O. The summed E-state index contributed by atoms with van der Waals surface area (Å²) in [5.74, 6) is 0.856. The largest absolute Gasteiger partial charge is 0.456 e. The Bertz CT molecular complexity index is 2080. The van der Waals surface area contributed by atoms with Gasteiger partial charge in [0.05, 0.1) is 5.52 Å². The molecule has 8 aromatic rings. The van der Waals surface area contributed by atoms with Crippen LogP contribution in [-0.2, 0) is 0 Å². The second-order valence-electron chi connectivity index (χ2n) is 10.4. The van der Waals surface area contributed by atoms with E-state index in [0.717, 1.165) is 50.0 Å². The highest BCUT2D eigenvalue weighted by molar-refractivity contribution is 6.18. The standard InChI is InChI=1S/C39H26N2O/c1-3-9-27(10-4-1)29-15-19-31(20-16-29)41(32-21-17-30(18-22-32)28-11-5-2-6-12-28)38-26-23-33-35(40-38)24-25-37-39(33)34-13-7-8-14-36(34)42-37/h1-26H. The molecule has 0 aliphatic rings. The van der Waals surface area contributed by atoms with Crippen molar-refractivity contribution in [3.63, 3.8) is 0 Å². The minimum atomic E-state index is 0.856. The van der Waals surface area contributed by atoms with Gasteiger partial charge in [-0.2, -0.15) is 0 Å². The molecule has 6 aromatic carbocycles. The zero-order valence-corrected chi connectivity index (χ0v) is 22.8. The molecule has 0 radical (unpaired) electrons. The first-order chi connectivity index (χ1) is 20.8. The van der Waals surface area contributed by atoms with Crippen molar-refractivity contribution in [3.8, 4) is 22.3 Å². The van der Waals surface area contributed by atoms with Gasteiger partial charge < -0.3 is 4.42 Å². The number of nitrogens with zero attached hydrogens (tertiary/aromatic N) is 2. The molecule has 0 fully saturated rings. The quantitative estimate of drug-likeness (QED) is 0.218. The lowest BCUT2D eigenvalue weighted by Gasteiger charge is -2.25. The summed E-state index contributed by atoms with van der Waals surface area (Å²) in [5.41, 5.74) is 9.54. The lowest BCUT2D eigenvalue weighted by molar-refractivity contribution is 0.669. The Kier molecular flexibility index (Phi) is 5.79. The topological polar surface area (TPSA) is 29.3 Å². The molecular weight excluding hydrogens is 512 g/mol. The number of pyridine rings is 1. The fraction of sp³-hybridized carbons (Fsp3) is 0. The Morgan fingerprint density at radius 2 is 0.952 bits per heavy atom. The van der Waals surface area contributed by atoms with Crippen LogP contribution in [-0.4, -0.2) is 4.98 Å². The molecule has 198 valence electrons. The smallest absolute Gasteiger partial charge is 0.138 e. The summed E-state index contributed by atoms with van der Waals surface area (Å²) >= 11 is 0. The molecule has 0 saturated heterocycles. The van der Waals surface area contributed by atoms with E-state index in [1.807, 2.05) is 30.3 Å². The highest BCUT2D eigenvalue weighted by Gasteiger charge is 2.17. The monoisotopic (exact) mass is 538 g/mol. The van der Waals surface area contributed by atoms with Crippen molar-refractivity contribution in [2.24, 2.45) is 0 Å². The van der Waals surface area contributed by atoms with Crippen LogP contribution < -0.4 is 4.90 Å². The van der Waals surface area contributed by atoms with Gasteiger partial charge in [-0.25, -0.2) is 4.98 Å². The van der Waals surface area contributed by atoms with Gasteiger partial charge in [0.15, 0.2) is 0 Å². The van der Waals surface area contributed by atoms with Crippen molar-refractivity contribution in [2.75, 3.05) is 4.90 Å². The van der Waals surface area contributed by atoms with Crippen LogP contribution in [0.3, 0.4) is 0 Å². The first-order valence-electron chi connectivity index (χ1n) is 14.1. The van der Waals surface area contributed by atoms with Crippen molar-refractivity contribution < 1.29 is 4.42 Å². The molecule has 2 aromatic heterocycles. The molecule has 3 heteroatoms. The maximum Gasteiger partial charge on any atom is 0.138 e. The van der Waals surface area contributed by atoms with Gasteiger partial charge in [0.25, 0.3) is 0 Å². The maximum atomic E-state index is 6.13. The zero-order chi connectivity index (χ0) is 27.9. The molecule has 8 rings (SSSR count). The molecule has 0 atom stereocenters. The number of fused-ring (bicyclic) bond motifs is 5. The number of hydrogen-bond donors (Lipinski definition) is 0. The van der Waals surface area contributed by atoms with E-state index in [0.29, 0.717) is 0 Å². The zero-order valence-electron chi connectivity index (χ0n) is 22.8. The molecule has 3 nitrogen and oxygen atoms in total. The first-order valence-corrected chi connectivity index (χ1v) is 14.1. The Hall–Kier alpha value is -5.67. The van der Waals surface area contributed by atoms with Gasteiger partial charge in [0, 0.05) is 27.5 Å². The average molecular weight is 539 g/mol.